The Labute approximate surface area is 223 Å². The van der Waals surface area contributed by atoms with Gasteiger partial charge in [-0.05, 0) is 61.0 Å². The topological polar surface area (TPSA) is 133 Å². The van der Waals surface area contributed by atoms with Gasteiger partial charge in [-0.3, -0.25) is 19.1 Å². The van der Waals surface area contributed by atoms with Gasteiger partial charge in [0.05, 0.1) is 24.7 Å². The van der Waals surface area contributed by atoms with Crippen molar-refractivity contribution in [1.29, 1.82) is 0 Å². The van der Waals surface area contributed by atoms with Crippen molar-refractivity contribution in [2.24, 2.45) is 12.1 Å². The molecule has 2 N–H and O–H groups in total. The molecule has 198 valence electrons. The minimum atomic E-state index is -1.05. The van der Waals surface area contributed by atoms with E-state index in [4.69, 9.17) is 9.47 Å². The van der Waals surface area contributed by atoms with Gasteiger partial charge < -0.3 is 14.8 Å². The maximum Gasteiger partial charge on any atom is 0.347 e. The van der Waals surface area contributed by atoms with Crippen molar-refractivity contribution in [3.05, 3.63) is 106 Å². The van der Waals surface area contributed by atoms with Gasteiger partial charge in [-0.15, -0.1) is 0 Å². The van der Waals surface area contributed by atoms with E-state index in [0.29, 0.717) is 28.4 Å². The van der Waals surface area contributed by atoms with E-state index in [1.54, 1.807) is 91.4 Å². The number of nitrogens with zero attached hydrogens (tertiary/aromatic N) is 3. The molecule has 4 aromatic rings. The second-order valence-electron chi connectivity index (χ2n) is 8.25. The maximum absolute atomic E-state index is 12.9. The van der Waals surface area contributed by atoms with Crippen LogP contribution < -0.4 is 25.8 Å². The first kappa shape index (κ1) is 26.6. The van der Waals surface area contributed by atoms with Crippen molar-refractivity contribution in [2.45, 2.75) is 6.92 Å². The van der Waals surface area contributed by atoms with Gasteiger partial charge in [-0.25, -0.2) is 14.9 Å². The number of rotatable bonds is 7. The molecular weight excluding hydrogens is 502 g/mol. The van der Waals surface area contributed by atoms with Gasteiger partial charge in [0, 0.05) is 7.05 Å². The summed E-state index contributed by atoms with van der Waals surface area (Å²) in [6.45, 7) is 1.66. The fourth-order valence-corrected chi connectivity index (χ4v) is 3.70. The third kappa shape index (κ3) is 5.93. The van der Waals surface area contributed by atoms with Gasteiger partial charge in [-0.1, -0.05) is 30.3 Å². The molecule has 4 rings (SSSR count). The normalized spacial score (nSPS) is 10.7. The van der Waals surface area contributed by atoms with Crippen LogP contribution in [-0.4, -0.2) is 40.5 Å². The Hall–Kier alpha value is -5.45. The predicted molar refractivity (Wildman–Crippen MR) is 145 cm³/mol. The molecule has 2 amide bonds. The van der Waals surface area contributed by atoms with Gasteiger partial charge in [0.25, 0.3) is 5.56 Å². The lowest BCUT2D eigenvalue weighted by Crippen LogP contribution is -2.34. The summed E-state index contributed by atoms with van der Waals surface area (Å²) in [4.78, 5) is 50.0. The Morgan fingerprint density at radius 2 is 1.56 bits per heavy atom. The lowest BCUT2D eigenvalue weighted by atomic mass is 10.2. The minimum Gasteiger partial charge on any atom is -0.496 e. The summed E-state index contributed by atoms with van der Waals surface area (Å²) in [6, 6.07) is 21.9. The first-order valence-electron chi connectivity index (χ1n) is 11.7. The molecule has 11 heteroatoms. The Balaban J connectivity index is 1.35. The van der Waals surface area contributed by atoms with E-state index < -0.39 is 23.3 Å². The highest BCUT2D eigenvalue weighted by Gasteiger charge is 2.21. The molecule has 0 radical (unpaired) electrons. The van der Waals surface area contributed by atoms with E-state index in [-0.39, 0.29) is 11.3 Å². The molecule has 1 aromatic heterocycles. The molecular formula is C28H25N5O6. The van der Waals surface area contributed by atoms with Gasteiger partial charge >= 0.3 is 17.8 Å². The maximum atomic E-state index is 12.9. The van der Waals surface area contributed by atoms with Gasteiger partial charge in [0.1, 0.15) is 22.7 Å². The summed E-state index contributed by atoms with van der Waals surface area (Å²) >= 11 is 0. The fraction of sp³-hybridized carbons (Fsp3) is 0.107. The second-order valence-corrected chi connectivity index (χ2v) is 8.25. The number of hydrogen-bond acceptors (Lipinski definition) is 7. The van der Waals surface area contributed by atoms with Crippen LogP contribution in [0.4, 0.5) is 5.69 Å². The molecule has 0 bridgehead atoms. The summed E-state index contributed by atoms with van der Waals surface area (Å²) in [6.07, 6.45) is 1.31. The van der Waals surface area contributed by atoms with E-state index >= 15 is 0 Å². The van der Waals surface area contributed by atoms with E-state index in [1.165, 1.54) is 18.0 Å². The Bertz CT molecular complexity index is 1600. The van der Waals surface area contributed by atoms with Gasteiger partial charge in [0.2, 0.25) is 0 Å². The van der Waals surface area contributed by atoms with Crippen molar-refractivity contribution in [3.8, 4) is 17.2 Å². The average molecular weight is 528 g/mol. The molecule has 39 heavy (non-hydrogen) atoms. The van der Waals surface area contributed by atoms with E-state index in [9.17, 15) is 19.2 Å². The Kier molecular flexibility index (Phi) is 8.00. The predicted octanol–water partition coefficient (Wildman–Crippen LogP) is 2.80. The molecule has 0 spiro atoms. The summed E-state index contributed by atoms with van der Waals surface area (Å²) < 4.78 is 13.5. The number of benzene rings is 3. The number of para-hydroxylation sites is 2. The Morgan fingerprint density at radius 3 is 2.26 bits per heavy atom. The van der Waals surface area contributed by atoms with Gasteiger partial charge in [-0.2, -0.15) is 5.10 Å². The number of nitrogens with one attached hydrogen (secondary N) is 2. The molecule has 0 atom stereocenters. The van der Waals surface area contributed by atoms with Crippen molar-refractivity contribution in [3.63, 3.8) is 0 Å². The van der Waals surface area contributed by atoms with Crippen molar-refractivity contribution >= 4 is 29.7 Å². The number of carbonyl (C=O) groups is 3. The Morgan fingerprint density at radius 1 is 0.897 bits per heavy atom. The lowest BCUT2D eigenvalue weighted by molar-refractivity contribution is -0.136. The quantitative estimate of drug-likeness (QED) is 0.125. The number of hydrogen-bond donors (Lipinski definition) is 2. The fourth-order valence-electron chi connectivity index (χ4n) is 3.70. The summed E-state index contributed by atoms with van der Waals surface area (Å²) in [5.74, 6) is -1.98. The molecule has 0 saturated heterocycles. The molecule has 0 aliphatic heterocycles. The third-order valence-corrected chi connectivity index (χ3v) is 5.80. The first-order valence-corrected chi connectivity index (χ1v) is 11.7. The third-order valence-electron chi connectivity index (χ3n) is 5.80. The standard InChI is InChI=1S/C28H25N5O6/c1-18-24(27(36)33(32(18)2)20-9-5-4-6-10-20)30-25(34)26(35)31-29-17-19-13-15-21(16-14-19)39-28(37)22-11-7-8-12-23(22)38-3/h4-17H,1-3H3,(H,30,34)(H,31,35)/b29-17+. The van der Waals surface area contributed by atoms with Crippen LogP contribution in [0.5, 0.6) is 11.5 Å². The van der Waals surface area contributed by atoms with E-state index in [2.05, 4.69) is 15.8 Å². The molecule has 3 aromatic carbocycles. The zero-order valence-electron chi connectivity index (χ0n) is 21.4. The number of hydrazone groups is 1. The van der Waals surface area contributed by atoms with E-state index in [0.717, 1.165) is 0 Å². The number of ether oxygens (including phenoxy) is 2. The van der Waals surface area contributed by atoms with Crippen LogP contribution >= 0.6 is 0 Å². The summed E-state index contributed by atoms with van der Waals surface area (Å²) in [5, 5.41) is 6.15. The minimum absolute atomic E-state index is 0.0104. The highest BCUT2D eigenvalue weighted by Crippen LogP contribution is 2.20. The number of anilines is 1. The van der Waals surface area contributed by atoms with Gasteiger partial charge in [0.15, 0.2) is 0 Å². The number of esters is 1. The summed E-state index contributed by atoms with van der Waals surface area (Å²) in [7, 11) is 3.14. The van der Waals surface area contributed by atoms with Crippen molar-refractivity contribution < 1.29 is 23.9 Å². The number of carbonyl (C=O) groups excluding carboxylic acids is 3. The largest absolute Gasteiger partial charge is 0.496 e. The highest BCUT2D eigenvalue weighted by atomic mass is 16.5. The van der Waals surface area contributed by atoms with Crippen molar-refractivity contribution in [2.75, 3.05) is 12.4 Å². The van der Waals surface area contributed by atoms with Crippen LogP contribution in [0.15, 0.2) is 88.8 Å². The van der Waals surface area contributed by atoms with Crippen LogP contribution in [0.2, 0.25) is 0 Å². The molecule has 11 nitrogen and oxygen atoms in total. The molecule has 0 saturated carbocycles. The first-order chi connectivity index (χ1) is 18.8. The van der Waals surface area contributed by atoms with Crippen molar-refractivity contribution in [1.82, 2.24) is 14.8 Å². The zero-order valence-corrected chi connectivity index (χ0v) is 21.4. The average Bonchev–Trinajstić information content (AvgIpc) is 3.16. The molecule has 1 heterocycles. The SMILES string of the molecule is COc1ccccc1C(=O)Oc1ccc(/C=N/NC(=O)C(=O)Nc2c(C)n(C)n(-c3ccccc3)c2=O)cc1. The lowest BCUT2D eigenvalue weighted by Gasteiger charge is -2.08. The molecule has 0 aliphatic rings. The molecule has 0 fully saturated rings. The summed E-state index contributed by atoms with van der Waals surface area (Å²) in [5.41, 5.74) is 3.58. The number of aromatic nitrogens is 2. The molecule has 0 aliphatic carbocycles. The number of amides is 2. The highest BCUT2D eigenvalue weighted by molar-refractivity contribution is 6.39. The second kappa shape index (κ2) is 11.7. The van der Waals surface area contributed by atoms with Crippen LogP contribution in [0.25, 0.3) is 5.69 Å². The van der Waals surface area contributed by atoms with Crippen LogP contribution in [0.3, 0.4) is 0 Å². The van der Waals surface area contributed by atoms with E-state index in [1.807, 2.05) is 6.07 Å². The molecule has 0 unspecified atom stereocenters. The van der Waals surface area contributed by atoms with Crippen LogP contribution in [0.1, 0.15) is 21.6 Å². The monoisotopic (exact) mass is 527 g/mol. The van der Waals surface area contributed by atoms with Crippen LogP contribution in [0, 0.1) is 6.92 Å². The van der Waals surface area contributed by atoms with Crippen LogP contribution in [-0.2, 0) is 16.6 Å². The smallest absolute Gasteiger partial charge is 0.347 e. The number of methoxy groups -OCH3 is 1. The zero-order chi connectivity index (χ0) is 27.9.